The van der Waals surface area contributed by atoms with E-state index in [1.54, 1.807) is 48.5 Å². The highest BCUT2D eigenvalue weighted by Gasteiger charge is 2.33. The Balaban J connectivity index is 0.940. The average molecular weight is 1030 g/mol. The van der Waals surface area contributed by atoms with Crippen LogP contribution in [0, 0.1) is 0 Å². The van der Waals surface area contributed by atoms with Crippen LogP contribution in [0.2, 0.25) is 0 Å². The van der Waals surface area contributed by atoms with Gasteiger partial charge in [-0.15, -0.1) is 0 Å². The maximum absolute atomic E-state index is 13.6. The first-order valence-electron chi connectivity index (χ1n) is 20.7. The molecule has 0 amide bonds. The van der Waals surface area contributed by atoms with Crippen molar-refractivity contribution in [2.75, 3.05) is 9.80 Å². The van der Waals surface area contributed by atoms with Crippen molar-refractivity contribution < 1.29 is 19.2 Å². The van der Waals surface area contributed by atoms with E-state index in [4.69, 9.17) is 23.2 Å². The van der Waals surface area contributed by atoms with Crippen molar-refractivity contribution in [2.45, 2.75) is 0 Å². The molecule has 0 unspecified atom stereocenters. The first-order chi connectivity index (χ1) is 32.0. The Labute approximate surface area is 407 Å². The Bertz CT molecular complexity index is 3100. The van der Waals surface area contributed by atoms with Crippen LogP contribution in [-0.4, -0.2) is 23.1 Å². The molecule has 10 rings (SSSR count). The van der Waals surface area contributed by atoms with Crippen molar-refractivity contribution in [2.24, 2.45) is 0 Å². The van der Waals surface area contributed by atoms with Crippen molar-refractivity contribution in [1.82, 2.24) is 0 Å². The minimum Gasteiger partial charge on any atom is -0.311 e. The van der Waals surface area contributed by atoms with Crippen molar-refractivity contribution >= 4 is 123 Å². The Morgan fingerprint density at radius 3 is 0.788 bits per heavy atom. The van der Waals surface area contributed by atoms with E-state index in [0.29, 0.717) is 33.4 Å². The van der Waals surface area contributed by atoms with Gasteiger partial charge in [-0.3, -0.25) is 19.2 Å². The lowest BCUT2D eigenvalue weighted by molar-refractivity contribution is 0.0998. The van der Waals surface area contributed by atoms with Crippen LogP contribution in [0.5, 0.6) is 0 Å². The average Bonchev–Trinajstić information content (AvgIpc) is 3.35. The molecule has 0 bridgehead atoms. The third-order valence-corrected chi connectivity index (χ3v) is 13.5. The molecule has 6 nitrogen and oxygen atoms in total. The van der Waals surface area contributed by atoms with E-state index >= 15 is 0 Å². The normalized spacial score (nSPS) is 13.5. The number of ketones is 4. The van der Waals surface area contributed by atoms with Gasteiger partial charge in [0.2, 0.25) is 11.6 Å². The fourth-order valence-corrected chi connectivity index (χ4v) is 9.56. The molecule has 0 aromatic heterocycles. The molecule has 0 heterocycles. The maximum atomic E-state index is 13.6. The zero-order valence-corrected chi connectivity index (χ0v) is 39.2. The van der Waals surface area contributed by atoms with Gasteiger partial charge in [-0.1, -0.05) is 152 Å². The van der Waals surface area contributed by atoms with Gasteiger partial charge in [0.25, 0.3) is 0 Å². The van der Waals surface area contributed by atoms with Crippen LogP contribution in [0.3, 0.4) is 0 Å². The SMILES string of the molecule is O=C1C(Cl)=C(c2ccc(N(c3ccc(Br)cc3)c3ccc(-c4ccc(N(c5ccc(Br)cc5)c5ccc(C6=C(Cl)C(=O)c7ccccc7C6=O)cc5)cc4)cc3)cc2)C(=O)c2ccccc21. The molecular weight excluding hydrogens is 995 g/mol. The second-order valence-electron chi connectivity index (χ2n) is 15.6. The Morgan fingerprint density at radius 2 is 0.515 bits per heavy atom. The second kappa shape index (κ2) is 17.8. The molecule has 0 N–H and O–H groups in total. The summed E-state index contributed by atoms with van der Waals surface area (Å²) in [6, 6.07) is 61.1. The molecule has 8 aromatic carbocycles. The van der Waals surface area contributed by atoms with E-state index in [1.807, 2.05) is 97.1 Å². The van der Waals surface area contributed by atoms with Gasteiger partial charge in [-0.2, -0.15) is 0 Å². The molecule has 0 radical (unpaired) electrons. The van der Waals surface area contributed by atoms with Gasteiger partial charge in [0.1, 0.15) is 10.1 Å². The summed E-state index contributed by atoms with van der Waals surface area (Å²) in [5, 5.41) is -0.169. The number of nitrogens with zero attached hydrogens (tertiary/aromatic N) is 2. The molecule has 0 spiro atoms. The second-order valence-corrected chi connectivity index (χ2v) is 18.2. The van der Waals surface area contributed by atoms with Crippen LogP contribution in [0.4, 0.5) is 34.1 Å². The molecular formula is C56H32Br2Cl2N2O4. The number of fused-ring (bicyclic) bond motifs is 2. The largest absolute Gasteiger partial charge is 0.311 e. The van der Waals surface area contributed by atoms with Crippen LogP contribution >= 0.6 is 55.1 Å². The maximum Gasteiger partial charge on any atom is 0.205 e. The molecule has 0 saturated heterocycles. The Hall–Kier alpha value is -6.94. The fourth-order valence-electron chi connectivity index (χ4n) is 8.44. The van der Waals surface area contributed by atoms with Gasteiger partial charge in [0.15, 0.2) is 11.6 Å². The third kappa shape index (κ3) is 7.86. The number of Topliss-reactive ketones (excluding diaryl/α,β-unsaturated/α-hetero) is 4. The Morgan fingerprint density at radius 1 is 0.288 bits per heavy atom. The van der Waals surface area contributed by atoms with Gasteiger partial charge in [0.05, 0.1) is 11.1 Å². The Kier molecular flexibility index (Phi) is 11.6. The predicted octanol–water partition coefficient (Wildman–Crippen LogP) is 15.9. The number of carbonyl (C=O) groups is 4. The number of carbonyl (C=O) groups excluding carboxylic acids is 4. The van der Waals surface area contributed by atoms with Crippen molar-refractivity contribution in [3.8, 4) is 11.1 Å². The standard InChI is InChI=1S/C56H32Br2Cl2N2O4/c57-37-17-29-43(30-18-37)61(41-25-13-35(14-26-41)49-51(59)55(65)47-7-3-1-5-45(47)53(49)63)39-21-9-33(10-22-39)34-11-23-40(24-12-34)62(44-31-19-38(58)20-32-44)42-27-15-36(16-28-42)50-52(60)56(66)48-8-4-2-6-46(48)54(50)64/h1-32H. The zero-order chi connectivity index (χ0) is 45.6. The summed E-state index contributed by atoms with van der Waals surface area (Å²) < 4.78 is 1.89. The van der Waals surface area contributed by atoms with E-state index in [-0.39, 0.29) is 44.3 Å². The number of allylic oxidation sites excluding steroid dienone is 4. The number of hydrogen-bond acceptors (Lipinski definition) is 6. The summed E-state index contributed by atoms with van der Waals surface area (Å²) in [5.74, 6) is -1.30. The van der Waals surface area contributed by atoms with E-state index in [2.05, 4.69) is 90.2 Å². The highest BCUT2D eigenvalue weighted by molar-refractivity contribution is 9.10. The predicted molar refractivity (Wildman–Crippen MR) is 272 cm³/mol. The lowest BCUT2D eigenvalue weighted by Gasteiger charge is -2.27. The van der Waals surface area contributed by atoms with Crippen LogP contribution in [0.1, 0.15) is 52.6 Å². The van der Waals surface area contributed by atoms with Crippen molar-refractivity contribution in [1.29, 1.82) is 0 Å². The number of hydrogen-bond donors (Lipinski definition) is 0. The molecule has 8 aromatic rings. The van der Waals surface area contributed by atoms with Gasteiger partial charge in [-0.25, -0.2) is 0 Å². The van der Waals surface area contributed by atoms with E-state index in [1.165, 1.54) is 0 Å². The molecule has 66 heavy (non-hydrogen) atoms. The van der Waals surface area contributed by atoms with E-state index in [0.717, 1.165) is 54.2 Å². The van der Waals surface area contributed by atoms with Gasteiger partial charge in [0, 0.05) is 65.3 Å². The molecule has 2 aliphatic carbocycles. The first kappa shape index (κ1) is 43.0. The summed E-state index contributed by atoms with van der Waals surface area (Å²) >= 11 is 20.3. The van der Waals surface area contributed by atoms with Crippen LogP contribution in [0.25, 0.3) is 22.3 Å². The third-order valence-electron chi connectivity index (χ3n) is 11.7. The molecule has 0 atom stereocenters. The number of halogens is 4. The van der Waals surface area contributed by atoms with Gasteiger partial charge < -0.3 is 9.80 Å². The van der Waals surface area contributed by atoms with Crippen molar-refractivity contribution in [3.63, 3.8) is 0 Å². The summed E-state index contributed by atoms with van der Waals surface area (Å²) in [6.07, 6.45) is 0. The summed E-state index contributed by atoms with van der Waals surface area (Å²) in [4.78, 5) is 57.7. The van der Waals surface area contributed by atoms with E-state index in [9.17, 15) is 19.2 Å². The smallest absolute Gasteiger partial charge is 0.205 e. The molecule has 318 valence electrons. The highest BCUT2D eigenvalue weighted by atomic mass is 79.9. The van der Waals surface area contributed by atoms with Crippen LogP contribution in [0.15, 0.2) is 213 Å². The van der Waals surface area contributed by atoms with Crippen molar-refractivity contribution in [3.05, 3.63) is 247 Å². The first-order valence-corrected chi connectivity index (χ1v) is 23.1. The lowest BCUT2D eigenvalue weighted by atomic mass is 9.86. The monoisotopic (exact) mass is 1020 g/mol. The quantitative estimate of drug-likeness (QED) is 0.143. The molecule has 0 fully saturated rings. The zero-order valence-electron chi connectivity index (χ0n) is 34.5. The fraction of sp³-hybridized carbons (Fsp3) is 0. The molecule has 2 aliphatic rings. The summed E-state index contributed by atoms with van der Waals surface area (Å²) in [5.41, 5.74) is 10.2. The molecule has 0 aliphatic heterocycles. The van der Waals surface area contributed by atoms with E-state index < -0.39 is 0 Å². The van der Waals surface area contributed by atoms with Crippen LogP contribution in [-0.2, 0) is 0 Å². The lowest BCUT2D eigenvalue weighted by Crippen LogP contribution is -2.19. The minimum absolute atomic E-state index is 0.0846. The topological polar surface area (TPSA) is 74.8 Å². The molecule has 0 saturated carbocycles. The highest BCUT2D eigenvalue weighted by Crippen LogP contribution is 2.42. The summed E-state index contributed by atoms with van der Waals surface area (Å²) in [6.45, 7) is 0. The number of anilines is 6. The minimum atomic E-state index is -0.366. The molecule has 10 heteroatoms. The number of rotatable bonds is 9. The number of benzene rings is 8. The summed E-state index contributed by atoms with van der Waals surface area (Å²) in [7, 11) is 0. The van der Waals surface area contributed by atoms with Crippen LogP contribution < -0.4 is 9.80 Å². The van der Waals surface area contributed by atoms with Gasteiger partial charge >= 0.3 is 0 Å². The van der Waals surface area contributed by atoms with Gasteiger partial charge in [-0.05, 0) is 119 Å².